The summed E-state index contributed by atoms with van der Waals surface area (Å²) in [6, 6.07) is 2.49. The lowest BCUT2D eigenvalue weighted by Gasteiger charge is -2.29. The van der Waals surface area contributed by atoms with Crippen molar-refractivity contribution in [1.82, 2.24) is 20.4 Å². The standard InChI is InChI=1S/C26H27F5N6O5/c1-12(2)20(33-25(40)41)23(39)37-19-10-15(26(29,30)31)6-7-16(19)21(35-37)36(13(3)11-42-4)24(32)34-22(38)14-5-8-17(27)18(28)9-14/h5-10,12-13,20,33H,11H2,1-4H3,(H,40,41)(H2,32,34,38)/t13-,20-/m0/s1. The molecule has 4 N–H and O–H groups in total. The van der Waals surface area contributed by atoms with Crippen LogP contribution in [0.5, 0.6) is 0 Å². The van der Waals surface area contributed by atoms with Crippen molar-refractivity contribution in [2.24, 2.45) is 5.92 Å². The minimum Gasteiger partial charge on any atom is -0.465 e. The Morgan fingerprint density at radius 3 is 2.31 bits per heavy atom. The molecular formula is C26H27F5N6O5. The van der Waals surface area contributed by atoms with Gasteiger partial charge in [-0.3, -0.25) is 25.2 Å². The van der Waals surface area contributed by atoms with Crippen molar-refractivity contribution in [1.29, 1.82) is 5.41 Å². The molecule has 0 aliphatic heterocycles. The van der Waals surface area contributed by atoms with Crippen LogP contribution in [0.1, 0.15) is 41.5 Å². The van der Waals surface area contributed by atoms with E-state index in [1.54, 1.807) is 0 Å². The molecule has 0 aliphatic carbocycles. The Morgan fingerprint density at radius 1 is 1.10 bits per heavy atom. The van der Waals surface area contributed by atoms with Gasteiger partial charge in [0.05, 0.1) is 23.7 Å². The van der Waals surface area contributed by atoms with Crippen molar-refractivity contribution in [3.63, 3.8) is 0 Å². The number of nitrogens with one attached hydrogen (secondary N) is 3. The van der Waals surface area contributed by atoms with Crippen LogP contribution in [0, 0.1) is 23.0 Å². The molecule has 11 nitrogen and oxygen atoms in total. The summed E-state index contributed by atoms with van der Waals surface area (Å²) < 4.78 is 73.7. The lowest BCUT2D eigenvalue weighted by Crippen LogP contribution is -2.50. The predicted molar refractivity (Wildman–Crippen MR) is 141 cm³/mol. The van der Waals surface area contributed by atoms with Crippen molar-refractivity contribution in [2.75, 3.05) is 18.6 Å². The number of rotatable bonds is 8. The first-order valence-corrected chi connectivity index (χ1v) is 12.3. The van der Waals surface area contributed by atoms with Crippen LogP contribution in [0.15, 0.2) is 36.4 Å². The summed E-state index contributed by atoms with van der Waals surface area (Å²) in [4.78, 5) is 38.7. The molecule has 0 fully saturated rings. The highest BCUT2D eigenvalue weighted by Gasteiger charge is 2.35. The summed E-state index contributed by atoms with van der Waals surface area (Å²) in [5.41, 5.74) is -1.81. The van der Waals surface area contributed by atoms with Gasteiger partial charge >= 0.3 is 12.3 Å². The number of halogens is 5. The van der Waals surface area contributed by atoms with Crippen molar-refractivity contribution in [3.8, 4) is 0 Å². The molecule has 1 aromatic heterocycles. The summed E-state index contributed by atoms with van der Waals surface area (Å²) >= 11 is 0. The van der Waals surface area contributed by atoms with Crippen LogP contribution in [-0.2, 0) is 10.9 Å². The third-order valence-corrected chi connectivity index (χ3v) is 6.14. The van der Waals surface area contributed by atoms with Gasteiger partial charge in [-0.25, -0.2) is 13.6 Å². The van der Waals surface area contributed by atoms with Crippen LogP contribution in [0.4, 0.5) is 32.6 Å². The fourth-order valence-corrected chi connectivity index (χ4v) is 4.13. The Hall–Kier alpha value is -4.60. The summed E-state index contributed by atoms with van der Waals surface area (Å²) in [5, 5.41) is 26.2. The van der Waals surface area contributed by atoms with E-state index in [1.807, 2.05) is 5.32 Å². The van der Waals surface area contributed by atoms with E-state index in [1.165, 1.54) is 27.9 Å². The van der Waals surface area contributed by atoms with Crippen LogP contribution in [-0.4, -0.2) is 64.6 Å². The molecule has 2 amide bonds. The zero-order valence-electron chi connectivity index (χ0n) is 22.7. The number of amides is 2. The molecule has 0 radical (unpaired) electrons. The number of anilines is 1. The molecule has 3 aromatic rings. The topological polar surface area (TPSA) is 150 Å². The first kappa shape index (κ1) is 31.9. The van der Waals surface area contributed by atoms with Crippen LogP contribution in [0.2, 0.25) is 0 Å². The molecule has 1 heterocycles. The number of carbonyl (C=O) groups is 3. The first-order valence-electron chi connectivity index (χ1n) is 12.3. The maximum absolute atomic E-state index is 13.7. The Morgan fingerprint density at radius 2 is 1.76 bits per heavy atom. The number of fused-ring (bicyclic) bond motifs is 1. The lowest BCUT2D eigenvalue weighted by atomic mass is 10.0. The van der Waals surface area contributed by atoms with E-state index in [4.69, 9.17) is 10.1 Å². The van der Waals surface area contributed by atoms with Gasteiger partial charge in [0, 0.05) is 18.1 Å². The van der Waals surface area contributed by atoms with Crippen LogP contribution >= 0.6 is 0 Å². The highest BCUT2D eigenvalue weighted by Crippen LogP contribution is 2.35. The van der Waals surface area contributed by atoms with E-state index < -0.39 is 65.2 Å². The molecule has 2 aromatic carbocycles. The monoisotopic (exact) mass is 598 g/mol. The normalized spacial score (nSPS) is 13.1. The fourth-order valence-electron chi connectivity index (χ4n) is 4.13. The van der Waals surface area contributed by atoms with E-state index in [9.17, 15) is 41.4 Å². The fraction of sp³-hybridized carbons (Fsp3) is 0.346. The average Bonchev–Trinajstić information content (AvgIpc) is 3.26. The Labute approximate surface area is 235 Å². The number of benzene rings is 2. The number of methoxy groups -OCH3 is 1. The molecule has 0 bridgehead atoms. The van der Waals surface area contributed by atoms with E-state index >= 15 is 0 Å². The molecule has 42 heavy (non-hydrogen) atoms. The second-order valence-corrected chi connectivity index (χ2v) is 9.58. The molecule has 226 valence electrons. The van der Waals surface area contributed by atoms with Crippen LogP contribution < -0.4 is 15.5 Å². The van der Waals surface area contributed by atoms with Gasteiger partial charge in [-0.15, -0.1) is 5.10 Å². The van der Waals surface area contributed by atoms with Gasteiger partial charge in [0.1, 0.15) is 6.04 Å². The van der Waals surface area contributed by atoms with Gasteiger partial charge in [-0.1, -0.05) is 13.8 Å². The van der Waals surface area contributed by atoms with Crippen molar-refractivity contribution >= 4 is 40.6 Å². The summed E-state index contributed by atoms with van der Waals surface area (Å²) in [6.07, 6.45) is -6.36. The van der Waals surface area contributed by atoms with Crippen molar-refractivity contribution < 1.29 is 46.2 Å². The second kappa shape index (κ2) is 12.5. The molecular weight excluding hydrogens is 571 g/mol. The van der Waals surface area contributed by atoms with E-state index in [-0.39, 0.29) is 28.9 Å². The van der Waals surface area contributed by atoms with Gasteiger partial charge in [-0.2, -0.15) is 17.9 Å². The number of carbonyl (C=O) groups excluding carboxylic acids is 2. The van der Waals surface area contributed by atoms with Crippen LogP contribution in [0.3, 0.4) is 0 Å². The maximum atomic E-state index is 13.7. The Balaban J connectivity index is 2.19. The molecule has 3 rings (SSSR count). The van der Waals surface area contributed by atoms with E-state index in [0.717, 1.165) is 23.1 Å². The third kappa shape index (κ3) is 6.82. The number of ether oxygens (including phenoxy) is 1. The van der Waals surface area contributed by atoms with Crippen molar-refractivity contribution in [2.45, 2.75) is 39.0 Å². The van der Waals surface area contributed by atoms with Crippen molar-refractivity contribution in [3.05, 3.63) is 59.2 Å². The summed E-state index contributed by atoms with van der Waals surface area (Å²) in [7, 11) is 1.33. The van der Waals surface area contributed by atoms with Crippen LogP contribution in [0.25, 0.3) is 10.9 Å². The quantitative estimate of drug-likeness (QED) is 0.170. The number of guanidine groups is 1. The molecule has 0 saturated carbocycles. The average molecular weight is 599 g/mol. The molecule has 0 saturated heterocycles. The van der Waals surface area contributed by atoms with Gasteiger partial charge in [0.15, 0.2) is 17.5 Å². The number of alkyl halides is 3. The van der Waals surface area contributed by atoms with Gasteiger partial charge in [-0.05, 0) is 49.2 Å². The SMILES string of the molecule is COC[C@H](C)N(C(=N)NC(=O)c1ccc(F)c(F)c1)c1nn(C(=O)[C@@H](NC(=O)O)C(C)C)c2cc(C(F)(F)F)ccc12. The summed E-state index contributed by atoms with van der Waals surface area (Å²) in [5.74, 6) is -6.09. The number of hydrogen-bond acceptors (Lipinski definition) is 6. The highest BCUT2D eigenvalue weighted by atomic mass is 19.4. The third-order valence-electron chi connectivity index (χ3n) is 6.14. The number of nitrogens with zero attached hydrogens (tertiary/aromatic N) is 3. The molecule has 0 aliphatic rings. The Bertz CT molecular complexity index is 1520. The number of carboxylic acid groups (broad SMARTS) is 1. The second-order valence-electron chi connectivity index (χ2n) is 9.58. The molecule has 0 spiro atoms. The van der Waals surface area contributed by atoms with Gasteiger partial charge in [0.2, 0.25) is 5.96 Å². The molecule has 2 atom stereocenters. The molecule has 0 unspecified atom stereocenters. The first-order chi connectivity index (χ1) is 19.6. The smallest absolute Gasteiger partial charge is 0.416 e. The number of hydrogen-bond donors (Lipinski definition) is 4. The zero-order valence-corrected chi connectivity index (χ0v) is 22.7. The van der Waals surface area contributed by atoms with E-state index in [2.05, 4.69) is 10.4 Å². The number of aromatic nitrogens is 2. The lowest BCUT2D eigenvalue weighted by molar-refractivity contribution is -0.137. The molecule has 16 heteroatoms. The Kier molecular flexibility index (Phi) is 9.50. The minimum absolute atomic E-state index is 0.0519. The maximum Gasteiger partial charge on any atom is 0.416 e. The largest absolute Gasteiger partial charge is 0.465 e. The highest BCUT2D eigenvalue weighted by molar-refractivity contribution is 6.12. The van der Waals surface area contributed by atoms with Gasteiger partial charge < -0.3 is 15.2 Å². The minimum atomic E-state index is -4.81. The zero-order chi connectivity index (χ0) is 31.5. The summed E-state index contributed by atoms with van der Waals surface area (Å²) in [6.45, 7) is 4.47. The van der Waals surface area contributed by atoms with E-state index in [0.29, 0.717) is 22.9 Å². The van der Waals surface area contributed by atoms with Gasteiger partial charge in [0.25, 0.3) is 11.8 Å². The predicted octanol–water partition coefficient (Wildman–Crippen LogP) is 4.47.